The number of aromatic amines is 1. The fraction of sp³-hybridized carbons (Fsp3) is 0.474. The number of nitrogens with two attached hydrogens (primary N) is 1. The fourth-order valence-electron chi connectivity index (χ4n) is 2.80. The molecule has 0 unspecified atom stereocenters. The van der Waals surface area contributed by atoms with Gasteiger partial charge in [0.05, 0.1) is 6.61 Å². The van der Waals surface area contributed by atoms with Crippen molar-refractivity contribution in [2.45, 2.75) is 39.8 Å². The van der Waals surface area contributed by atoms with E-state index in [1.165, 1.54) is 16.6 Å². The van der Waals surface area contributed by atoms with Crippen LogP contribution in [0, 0.1) is 6.92 Å². The zero-order chi connectivity index (χ0) is 20.7. The van der Waals surface area contributed by atoms with Crippen LogP contribution in [-0.4, -0.2) is 35.7 Å². The smallest absolute Gasteiger partial charge is 0.330 e. The van der Waals surface area contributed by atoms with Gasteiger partial charge in [-0.15, -0.1) is 0 Å². The molecular formula is C19H28N5O4+. The van der Waals surface area contributed by atoms with E-state index in [0.29, 0.717) is 6.54 Å². The van der Waals surface area contributed by atoms with Gasteiger partial charge in [-0.3, -0.25) is 24.0 Å². The first-order chi connectivity index (χ1) is 13.4. The Morgan fingerprint density at radius 2 is 2.00 bits per heavy atom. The molecule has 9 heteroatoms. The Hall–Kier alpha value is -2.94. The normalized spacial score (nSPS) is 10.8. The summed E-state index contributed by atoms with van der Waals surface area (Å²) in [6.07, 6.45) is 5.16. The summed E-state index contributed by atoms with van der Waals surface area (Å²) in [5.74, 6) is -0.343. The van der Waals surface area contributed by atoms with Crippen molar-refractivity contribution in [2.75, 3.05) is 30.9 Å². The number of rotatable bonds is 9. The quantitative estimate of drug-likeness (QED) is 0.594. The minimum atomic E-state index is -0.686. The monoisotopic (exact) mass is 390 g/mol. The van der Waals surface area contributed by atoms with Crippen LogP contribution < -0.4 is 26.4 Å². The third-order valence-corrected chi connectivity index (χ3v) is 4.42. The molecular weight excluding hydrogens is 362 g/mol. The molecule has 1 amide bonds. The van der Waals surface area contributed by atoms with Crippen LogP contribution in [0.4, 0.5) is 11.5 Å². The zero-order valence-electron chi connectivity index (χ0n) is 16.6. The predicted molar refractivity (Wildman–Crippen MR) is 106 cm³/mol. The molecule has 0 aliphatic heterocycles. The Bertz CT molecular complexity index is 917. The summed E-state index contributed by atoms with van der Waals surface area (Å²) in [6, 6.07) is 3.78. The SMILES string of the molecule is CCCCn1c(N)c(N(CCOC)C(=O)C[n+]2ccc(C)cc2)c(=O)[nH]c1=O. The summed E-state index contributed by atoms with van der Waals surface area (Å²) in [7, 11) is 1.51. The number of carbonyl (C=O) groups is 1. The van der Waals surface area contributed by atoms with E-state index in [1.54, 1.807) is 17.0 Å². The second kappa shape index (κ2) is 9.84. The highest BCUT2D eigenvalue weighted by atomic mass is 16.5. The second-order valence-corrected chi connectivity index (χ2v) is 6.58. The van der Waals surface area contributed by atoms with Gasteiger partial charge in [0.25, 0.3) is 11.5 Å². The molecule has 2 rings (SSSR count). The Kier molecular flexibility index (Phi) is 7.51. The molecule has 28 heavy (non-hydrogen) atoms. The molecule has 9 nitrogen and oxygen atoms in total. The Labute approximate surface area is 163 Å². The molecule has 3 N–H and O–H groups in total. The summed E-state index contributed by atoms with van der Waals surface area (Å²) >= 11 is 0. The molecule has 0 aliphatic rings. The minimum Gasteiger partial charge on any atom is -0.383 e. The molecule has 0 spiro atoms. The summed E-state index contributed by atoms with van der Waals surface area (Å²) in [6.45, 7) is 4.69. The van der Waals surface area contributed by atoms with Crippen molar-refractivity contribution >= 4 is 17.4 Å². The summed E-state index contributed by atoms with van der Waals surface area (Å²) in [5, 5.41) is 0. The molecule has 0 fully saturated rings. The number of aryl methyl sites for hydroxylation is 1. The van der Waals surface area contributed by atoms with E-state index in [1.807, 2.05) is 26.0 Å². The van der Waals surface area contributed by atoms with Crippen LogP contribution >= 0.6 is 0 Å². The lowest BCUT2D eigenvalue weighted by atomic mass is 10.3. The highest BCUT2D eigenvalue weighted by molar-refractivity contribution is 5.94. The molecule has 0 saturated heterocycles. The lowest BCUT2D eigenvalue weighted by Gasteiger charge is -2.23. The van der Waals surface area contributed by atoms with E-state index in [0.717, 1.165) is 18.4 Å². The van der Waals surface area contributed by atoms with E-state index in [4.69, 9.17) is 10.5 Å². The van der Waals surface area contributed by atoms with Gasteiger partial charge in [0.1, 0.15) is 5.82 Å². The Morgan fingerprint density at radius 3 is 2.61 bits per heavy atom. The number of amides is 1. The maximum absolute atomic E-state index is 13.0. The van der Waals surface area contributed by atoms with E-state index in [9.17, 15) is 14.4 Å². The van der Waals surface area contributed by atoms with Crippen LogP contribution in [0.25, 0.3) is 0 Å². The Morgan fingerprint density at radius 1 is 1.32 bits per heavy atom. The molecule has 0 bridgehead atoms. The van der Waals surface area contributed by atoms with E-state index in [2.05, 4.69) is 4.98 Å². The number of nitrogens with one attached hydrogen (secondary N) is 1. The predicted octanol–water partition coefficient (Wildman–Crippen LogP) is 0.194. The number of H-pyrrole nitrogens is 1. The topological polar surface area (TPSA) is 114 Å². The molecule has 2 heterocycles. The first kappa shape index (κ1) is 21.4. The highest BCUT2D eigenvalue weighted by Crippen LogP contribution is 2.17. The van der Waals surface area contributed by atoms with Gasteiger partial charge < -0.3 is 10.5 Å². The van der Waals surface area contributed by atoms with Crippen LogP contribution in [0.5, 0.6) is 0 Å². The number of carbonyl (C=O) groups excluding carboxylic acids is 1. The molecule has 0 saturated carbocycles. The highest BCUT2D eigenvalue weighted by Gasteiger charge is 2.26. The lowest BCUT2D eigenvalue weighted by Crippen LogP contribution is -2.48. The number of hydrogen-bond donors (Lipinski definition) is 2. The molecule has 0 aliphatic carbocycles. The molecule has 2 aromatic rings. The van der Waals surface area contributed by atoms with Gasteiger partial charge in [0.15, 0.2) is 18.1 Å². The average Bonchev–Trinajstić information content (AvgIpc) is 2.65. The second-order valence-electron chi connectivity index (χ2n) is 6.58. The lowest BCUT2D eigenvalue weighted by molar-refractivity contribution is -0.684. The van der Waals surface area contributed by atoms with Crippen molar-refractivity contribution in [3.05, 3.63) is 50.9 Å². The maximum Gasteiger partial charge on any atom is 0.330 e. The summed E-state index contributed by atoms with van der Waals surface area (Å²) in [5.41, 5.74) is 5.94. The van der Waals surface area contributed by atoms with Gasteiger partial charge >= 0.3 is 5.69 Å². The zero-order valence-corrected chi connectivity index (χ0v) is 16.6. The maximum atomic E-state index is 13.0. The minimum absolute atomic E-state index is 0.0134. The van der Waals surface area contributed by atoms with Crippen molar-refractivity contribution in [3.63, 3.8) is 0 Å². The van der Waals surface area contributed by atoms with Crippen molar-refractivity contribution < 1.29 is 14.1 Å². The number of unbranched alkanes of at least 4 members (excludes halogenated alkanes) is 1. The van der Waals surface area contributed by atoms with Crippen molar-refractivity contribution in [1.29, 1.82) is 0 Å². The fourth-order valence-corrected chi connectivity index (χ4v) is 2.80. The van der Waals surface area contributed by atoms with Crippen LogP contribution in [0.15, 0.2) is 34.1 Å². The van der Waals surface area contributed by atoms with Gasteiger partial charge in [0.2, 0.25) is 6.54 Å². The standard InChI is InChI=1S/C19H27N5O4/c1-4-5-8-24-17(20)16(18(26)21-19(24)27)23(11-12-28-3)15(25)13-22-9-6-14(2)7-10-22/h6-7,9-10H,4-5,8,11-13H2,1-3H3,(H2-,20,21,26,27)/p+1. The molecule has 0 atom stereocenters. The van der Waals surface area contributed by atoms with Crippen LogP contribution in [0.3, 0.4) is 0 Å². The summed E-state index contributed by atoms with van der Waals surface area (Å²) in [4.78, 5) is 41.2. The molecule has 0 aromatic carbocycles. The molecule has 152 valence electrons. The van der Waals surface area contributed by atoms with Crippen LogP contribution in [0.2, 0.25) is 0 Å². The van der Waals surface area contributed by atoms with Gasteiger partial charge in [-0.1, -0.05) is 13.3 Å². The first-order valence-corrected chi connectivity index (χ1v) is 9.26. The van der Waals surface area contributed by atoms with Crippen molar-refractivity contribution in [3.8, 4) is 0 Å². The summed E-state index contributed by atoms with van der Waals surface area (Å²) < 4.78 is 8.10. The Balaban J connectivity index is 2.43. The number of methoxy groups -OCH3 is 1. The van der Waals surface area contributed by atoms with Gasteiger partial charge in [-0.25, -0.2) is 4.79 Å². The number of ether oxygens (including phenoxy) is 1. The number of aromatic nitrogens is 3. The van der Waals surface area contributed by atoms with E-state index >= 15 is 0 Å². The third kappa shape index (κ3) is 5.07. The van der Waals surface area contributed by atoms with Gasteiger partial charge in [-0.2, -0.15) is 4.57 Å². The number of nitrogens with zero attached hydrogens (tertiary/aromatic N) is 3. The third-order valence-electron chi connectivity index (χ3n) is 4.42. The van der Waals surface area contributed by atoms with Gasteiger partial charge in [-0.05, 0) is 18.9 Å². The average molecular weight is 390 g/mol. The number of nitrogen functional groups attached to an aromatic ring is 1. The largest absolute Gasteiger partial charge is 0.383 e. The van der Waals surface area contributed by atoms with E-state index in [-0.39, 0.29) is 37.1 Å². The molecule has 0 radical (unpaired) electrons. The van der Waals surface area contributed by atoms with E-state index < -0.39 is 11.2 Å². The first-order valence-electron chi connectivity index (χ1n) is 9.26. The van der Waals surface area contributed by atoms with Crippen LogP contribution in [-0.2, 0) is 22.6 Å². The van der Waals surface area contributed by atoms with Gasteiger partial charge in [0, 0.05) is 32.3 Å². The number of pyridine rings is 1. The van der Waals surface area contributed by atoms with Crippen molar-refractivity contribution in [1.82, 2.24) is 9.55 Å². The number of hydrogen-bond acceptors (Lipinski definition) is 5. The number of anilines is 2. The molecule has 2 aromatic heterocycles. The van der Waals surface area contributed by atoms with Crippen molar-refractivity contribution in [2.24, 2.45) is 0 Å². The van der Waals surface area contributed by atoms with Crippen LogP contribution in [0.1, 0.15) is 25.3 Å².